The third kappa shape index (κ3) is 5.17. The van der Waals surface area contributed by atoms with Gasteiger partial charge in [-0.1, -0.05) is 18.2 Å². The highest BCUT2D eigenvalue weighted by molar-refractivity contribution is 5.94. The third-order valence-electron chi connectivity index (χ3n) is 3.90. The fraction of sp³-hybridized carbons (Fsp3) is 0.389. The Morgan fingerprint density at radius 2 is 1.92 bits per heavy atom. The lowest BCUT2D eigenvalue weighted by Gasteiger charge is -2.23. The van der Waals surface area contributed by atoms with Gasteiger partial charge in [0.2, 0.25) is 0 Å². The van der Waals surface area contributed by atoms with Gasteiger partial charge in [0, 0.05) is 26.3 Å². The van der Waals surface area contributed by atoms with E-state index < -0.39 is 17.6 Å². The van der Waals surface area contributed by atoms with Gasteiger partial charge in [-0.3, -0.25) is 4.79 Å². The molecule has 0 bridgehead atoms. The number of methoxy groups -OCH3 is 2. The molecule has 0 fully saturated rings. The highest BCUT2D eigenvalue weighted by Gasteiger charge is 2.30. The van der Waals surface area contributed by atoms with Crippen LogP contribution in [0.15, 0.2) is 48.1 Å². The predicted octanol–water partition coefficient (Wildman–Crippen LogP) is 3.35. The predicted molar refractivity (Wildman–Crippen MR) is 87.2 cm³/mol. The van der Waals surface area contributed by atoms with Gasteiger partial charge in [0.05, 0.1) is 5.56 Å². The first-order chi connectivity index (χ1) is 11.8. The summed E-state index contributed by atoms with van der Waals surface area (Å²) >= 11 is 0. The van der Waals surface area contributed by atoms with Crippen LogP contribution in [-0.4, -0.2) is 38.9 Å². The van der Waals surface area contributed by atoms with E-state index in [1.54, 1.807) is 14.2 Å². The number of alkyl halides is 3. The summed E-state index contributed by atoms with van der Waals surface area (Å²) in [4.78, 5) is 12.0. The van der Waals surface area contributed by atoms with Crippen LogP contribution in [-0.2, 0) is 15.7 Å². The van der Waals surface area contributed by atoms with Gasteiger partial charge in [-0.05, 0) is 36.3 Å². The summed E-state index contributed by atoms with van der Waals surface area (Å²) < 4.78 is 48.6. The molecule has 0 aromatic heterocycles. The molecular weight excluding hydrogens is 335 g/mol. The standard InChI is InChI=1S/C18H20F3NO3/c1-24-15-7-6-12(10-16(15)25-2)8-9-22-17(23)13-4-3-5-14(11-13)18(19,20)21/h3-7,10-11,15-16H,8-9H2,1-2H3,(H,22,23). The number of hydrogen-bond donors (Lipinski definition) is 1. The Kier molecular flexibility index (Phi) is 6.39. The molecule has 136 valence electrons. The van der Waals surface area contributed by atoms with Gasteiger partial charge in [-0.15, -0.1) is 0 Å². The van der Waals surface area contributed by atoms with E-state index >= 15 is 0 Å². The largest absolute Gasteiger partial charge is 0.416 e. The van der Waals surface area contributed by atoms with E-state index in [4.69, 9.17) is 9.47 Å². The van der Waals surface area contributed by atoms with Crippen LogP contribution in [0.5, 0.6) is 0 Å². The maximum atomic E-state index is 12.7. The van der Waals surface area contributed by atoms with E-state index in [1.807, 2.05) is 18.2 Å². The van der Waals surface area contributed by atoms with Crippen molar-refractivity contribution in [2.24, 2.45) is 0 Å². The number of carbonyl (C=O) groups excluding carboxylic acids is 1. The number of ether oxygens (including phenoxy) is 2. The van der Waals surface area contributed by atoms with E-state index in [0.717, 1.165) is 17.7 Å². The zero-order chi connectivity index (χ0) is 18.4. The first-order valence-electron chi connectivity index (χ1n) is 7.75. The van der Waals surface area contributed by atoms with Gasteiger partial charge >= 0.3 is 6.18 Å². The number of carbonyl (C=O) groups is 1. The summed E-state index contributed by atoms with van der Waals surface area (Å²) in [7, 11) is 3.18. The summed E-state index contributed by atoms with van der Waals surface area (Å²) in [6.07, 6.45) is 1.37. The summed E-state index contributed by atoms with van der Waals surface area (Å²) in [6, 6.07) is 4.36. The fourth-order valence-corrected chi connectivity index (χ4v) is 2.53. The van der Waals surface area contributed by atoms with Crippen LogP contribution in [0.25, 0.3) is 0 Å². The van der Waals surface area contributed by atoms with Crippen molar-refractivity contribution in [2.45, 2.75) is 24.8 Å². The zero-order valence-electron chi connectivity index (χ0n) is 14.0. The molecule has 0 saturated carbocycles. The van der Waals surface area contributed by atoms with Crippen molar-refractivity contribution in [1.82, 2.24) is 5.32 Å². The molecule has 1 aromatic rings. The number of amides is 1. The van der Waals surface area contributed by atoms with Gasteiger partial charge in [-0.2, -0.15) is 13.2 Å². The molecule has 0 radical (unpaired) electrons. The molecule has 25 heavy (non-hydrogen) atoms. The lowest BCUT2D eigenvalue weighted by molar-refractivity contribution is -0.137. The van der Waals surface area contributed by atoms with Crippen molar-refractivity contribution in [2.75, 3.05) is 20.8 Å². The average Bonchev–Trinajstić information content (AvgIpc) is 2.60. The van der Waals surface area contributed by atoms with E-state index in [9.17, 15) is 18.0 Å². The second-order valence-electron chi connectivity index (χ2n) is 5.59. The minimum atomic E-state index is -4.47. The van der Waals surface area contributed by atoms with Crippen LogP contribution in [0.1, 0.15) is 22.3 Å². The van der Waals surface area contributed by atoms with E-state index in [1.165, 1.54) is 12.1 Å². The molecular formula is C18H20F3NO3. The van der Waals surface area contributed by atoms with Gasteiger partial charge in [0.15, 0.2) is 0 Å². The quantitative estimate of drug-likeness (QED) is 0.851. The Labute approximate surface area is 144 Å². The Morgan fingerprint density at radius 1 is 1.20 bits per heavy atom. The highest BCUT2D eigenvalue weighted by atomic mass is 19.4. The smallest absolute Gasteiger partial charge is 0.374 e. The van der Waals surface area contributed by atoms with Gasteiger partial charge in [0.1, 0.15) is 12.2 Å². The molecule has 4 nitrogen and oxygen atoms in total. The molecule has 1 N–H and O–H groups in total. The molecule has 0 spiro atoms. The molecule has 1 aliphatic rings. The minimum absolute atomic E-state index is 0.0165. The third-order valence-corrected chi connectivity index (χ3v) is 3.90. The maximum Gasteiger partial charge on any atom is 0.416 e. The molecule has 1 amide bonds. The van der Waals surface area contributed by atoms with Crippen LogP contribution < -0.4 is 5.32 Å². The molecule has 2 rings (SSSR count). The van der Waals surface area contributed by atoms with Crippen molar-refractivity contribution >= 4 is 5.91 Å². The summed E-state index contributed by atoms with van der Waals surface area (Å²) in [5.41, 5.74) is 0.105. The molecule has 0 saturated heterocycles. The second kappa shape index (κ2) is 8.31. The second-order valence-corrected chi connectivity index (χ2v) is 5.59. The number of nitrogens with one attached hydrogen (secondary N) is 1. The van der Waals surface area contributed by atoms with Crippen molar-refractivity contribution in [1.29, 1.82) is 0 Å². The lowest BCUT2D eigenvalue weighted by Crippen LogP contribution is -2.29. The first kappa shape index (κ1) is 19.2. The summed E-state index contributed by atoms with van der Waals surface area (Å²) in [5, 5.41) is 2.63. The average molecular weight is 355 g/mol. The topological polar surface area (TPSA) is 47.6 Å². The van der Waals surface area contributed by atoms with E-state index in [0.29, 0.717) is 13.0 Å². The lowest BCUT2D eigenvalue weighted by atomic mass is 10.00. The van der Waals surface area contributed by atoms with Crippen molar-refractivity contribution in [3.05, 3.63) is 59.2 Å². The minimum Gasteiger partial charge on any atom is -0.374 e. The van der Waals surface area contributed by atoms with Crippen LogP contribution in [0.3, 0.4) is 0 Å². The number of hydrogen-bond acceptors (Lipinski definition) is 3. The number of benzene rings is 1. The first-order valence-corrected chi connectivity index (χ1v) is 7.75. The maximum absolute atomic E-state index is 12.7. The molecule has 7 heteroatoms. The van der Waals surface area contributed by atoms with Gasteiger partial charge in [-0.25, -0.2) is 0 Å². The van der Waals surface area contributed by atoms with Crippen molar-refractivity contribution < 1.29 is 27.4 Å². The number of rotatable bonds is 6. The number of halogens is 3. The van der Waals surface area contributed by atoms with Crippen LogP contribution in [0.2, 0.25) is 0 Å². The summed E-state index contributed by atoms with van der Waals surface area (Å²) in [6.45, 7) is 0.305. The molecule has 1 aromatic carbocycles. The molecule has 0 heterocycles. The molecule has 0 aliphatic heterocycles. The molecule has 2 unspecified atom stereocenters. The SMILES string of the molecule is COC1C=CC(CCNC(=O)c2cccc(C(F)(F)F)c2)=CC1OC. The zero-order valence-corrected chi connectivity index (χ0v) is 14.0. The van der Waals surface area contributed by atoms with Crippen LogP contribution in [0, 0.1) is 0 Å². The highest BCUT2D eigenvalue weighted by Crippen LogP contribution is 2.29. The summed E-state index contributed by atoms with van der Waals surface area (Å²) in [5.74, 6) is -0.537. The monoisotopic (exact) mass is 355 g/mol. The number of allylic oxidation sites excluding steroid dienone is 1. The fourth-order valence-electron chi connectivity index (χ4n) is 2.53. The van der Waals surface area contributed by atoms with Crippen molar-refractivity contribution in [3.63, 3.8) is 0 Å². The Bertz CT molecular complexity index is 668. The Balaban J connectivity index is 1.91. The van der Waals surface area contributed by atoms with Crippen LogP contribution in [0.4, 0.5) is 13.2 Å². The molecule has 2 atom stereocenters. The van der Waals surface area contributed by atoms with E-state index in [-0.39, 0.29) is 17.8 Å². The Morgan fingerprint density at radius 3 is 2.56 bits per heavy atom. The Hall–Kier alpha value is -2.12. The van der Waals surface area contributed by atoms with Crippen LogP contribution >= 0.6 is 0 Å². The van der Waals surface area contributed by atoms with Gasteiger partial charge in [0.25, 0.3) is 5.91 Å². The van der Waals surface area contributed by atoms with Gasteiger partial charge < -0.3 is 14.8 Å². The van der Waals surface area contributed by atoms with E-state index in [2.05, 4.69) is 5.32 Å². The molecule has 1 aliphatic carbocycles. The van der Waals surface area contributed by atoms with Crippen molar-refractivity contribution in [3.8, 4) is 0 Å². The normalized spacial score (nSPS) is 20.3.